The Labute approximate surface area is 110 Å². The highest BCUT2D eigenvalue weighted by Gasteiger charge is 2.29. The van der Waals surface area contributed by atoms with Crippen molar-refractivity contribution in [3.8, 4) is 0 Å². The summed E-state index contributed by atoms with van der Waals surface area (Å²) in [7, 11) is 0. The van der Waals surface area contributed by atoms with Crippen LogP contribution in [0.25, 0.3) is 0 Å². The molecule has 0 spiro atoms. The maximum Gasteiger partial charge on any atom is 0.0991 e. The third-order valence-corrected chi connectivity index (χ3v) is 4.84. The summed E-state index contributed by atoms with van der Waals surface area (Å²) in [5, 5.41) is 0. The van der Waals surface area contributed by atoms with E-state index in [0.717, 1.165) is 27.3 Å². The molecule has 2 nitrogen and oxygen atoms in total. The maximum absolute atomic E-state index is 6.19. The molecule has 0 saturated carbocycles. The van der Waals surface area contributed by atoms with Crippen molar-refractivity contribution < 1.29 is 0 Å². The van der Waals surface area contributed by atoms with Crippen LogP contribution in [0.2, 0.25) is 8.67 Å². The molecule has 1 saturated heterocycles. The van der Waals surface area contributed by atoms with Crippen molar-refractivity contribution >= 4 is 34.5 Å². The van der Waals surface area contributed by atoms with Crippen molar-refractivity contribution in [2.24, 2.45) is 5.73 Å². The van der Waals surface area contributed by atoms with Gasteiger partial charge in [-0.15, -0.1) is 11.3 Å². The third kappa shape index (κ3) is 2.39. The molecular weight excluding hydrogens is 263 g/mol. The van der Waals surface area contributed by atoms with E-state index in [1.165, 1.54) is 24.2 Å². The highest BCUT2D eigenvalue weighted by molar-refractivity contribution is 7.20. The fourth-order valence-electron chi connectivity index (χ4n) is 2.44. The minimum absolute atomic E-state index is 0.312. The Morgan fingerprint density at radius 2 is 2.38 bits per heavy atom. The van der Waals surface area contributed by atoms with Crippen LogP contribution in [0, 0.1) is 0 Å². The minimum atomic E-state index is 0.312. The van der Waals surface area contributed by atoms with Crippen molar-refractivity contribution in [3.63, 3.8) is 0 Å². The van der Waals surface area contributed by atoms with Gasteiger partial charge in [0, 0.05) is 24.2 Å². The van der Waals surface area contributed by atoms with E-state index in [9.17, 15) is 0 Å². The van der Waals surface area contributed by atoms with Crippen LogP contribution in [0.3, 0.4) is 0 Å². The molecule has 1 fully saturated rings. The van der Waals surface area contributed by atoms with Gasteiger partial charge in [0.05, 0.1) is 8.67 Å². The van der Waals surface area contributed by atoms with E-state index in [0.29, 0.717) is 12.1 Å². The van der Waals surface area contributed by atoms with E-state index in [4.69, 9.17) is 28.9 Å². The topological polar surface area (TPSA) is 29.3 Å². The van der Waals surface area contributed by atoms with Gasteiger partial charge < -0.3 is 5.73 Å². The van der Waals surface area contributed by atoms with Gasteiger partial charge in [-0.05, 0) is 32.4 Å². The summed E-state index contributed by atoms with van der Waals surface area (Å²) in [6.07, 6.45) is 2.41. The Hall–Kier alpha value is 0.200. The molecule has 0 radical (unpaired) electrons. The lowest BCUT2D eigenvalue weighted by Gasteiger charge is -2.29. The maximum atomic E-state index is 6.19. The van der Waals surface area contributed by atoms with Gasteiger partial charge in [0.2, 0.25) is 0 Å². The highest BCUT2D eigenvalue weighted by atomic mass is 35.5. The number of halogens is 2. The van der Waals surface area contributed by atoms with Gasteiger partial charge in [-0.25, -0.2) is 0 Å². The Kier molecular flexibility index (Phi) is 4.14. The van der Waals surface area contributed by atoms with Crippen LogP contribution in [0.4, 0.5) is 0 Å². The molecule has 90 valence electrons. The van der Waals surface area contributed by atoms with Crippen LogP contribution < -0.4 is 5.73 Å². The van der Waals surface area contributed by atoms with Crippen molar-refractivity contribution in [2.75, 3.05) is 13.1 Å². The number of nitrogens with two attached hydrogens (primary N) is 1. The predicted octanol–water partition coefficient (Wildman–Crippen LogP) is 3.54. The molecule has 5 heteroatoms. The summed E-state index contributed by atoms with van der Waals surface area (Å²) < 4.78 is 1.57. The minimum Gasteiger partial charge on any atom is -0.329 e. The Morgan fingerprint density at radius 3 is 2.94 bits per heavy atom. The molecule has 2 N–H and O–H groups in total. The summed E-state index contributed by atoms with van der Waals surface area (Å²) in [4.78, 5) is 2.43. The molecule has 0 bridgehead atoms. The van der Waals surface area contributed by atoms with Gasteiger partial charge in [0.1, 0.15) is 0 Å². The zero-order chi connectivity index (χ0) is 11.7. The van der Waals surface area contributed by atoms with E-state index in [2.05, 4.69) is 11.8 Å². The Bertz CT molecular complexity index is 367. The normalized spacial score (nSPS) is 23.9. The smallest absolute Gasteiger partial charge is 0.0991 e. The summed E-state index contributed by atoms with van der Waals surface area (Å²) in [6.45, 7) is 4.00. The summed E-state index contributed by atoms with van der Waals surface area (Å²) >= 11 is 13.6. The van der Waals surface area contributed by atoms with Gasteiger partial charge in [0.15, 0.2) is 0 Å². The van der Waals surface area contributed by atoms with Gasteiger partial charge in [-0.3, -0.25) is 4.90 Å². The molecule has 1 aromatic heterocycles. The van der Waals surface area contributed by atoms with Crippen LogP contribution in [-0.2, 0) is 0 Å². The zero-order valence-electron chi connectivity index (χ0n) is 9.25. The van der Waals surface area contributed by atoms with Gasteiger partial charge >= 0.3 is 0 Å². The fourth-order valence-corrected chi connectivity index (χ4v) is 4.07. The van der Waals surface area contributed by atoms with E-state index >= 15 is 0 Å². The molecule has 2 atom stereocenters. The van der Waals surface area contributed by atoms with Crippen LogP contribution in [0.5, 0.6) is 0 Å². The fraction of sp³-hybridized carbons (Fsp3) is 0.636. The van der Waals surface area contributed by atoms with Crippen LogP contribution in [0.15, 0.2) is 6.07 Å². The number of hydrogen-bond donors (Lipinski definition) is 1. The Morgan fingerprint density at radius 1 is 1.62 bits per heavy atom. The van der Waals surface area contributed by atoms with Crippen molar-refractivity contribution in [2.45, 2.75) is 31.8 Å². The Balaban J connectivity index is 2.18. The monoisotopic (exact) mass is 278 g/mol. The standard InChI is InChI=1S/C11H16Cl2N2S/c1-7(9-5-10(12)16-11(9)13)15-4-2-3-8(15)6-14/h5,7-8H,2-4,6,14H2,1H3. The molecule has 1 aromatic rings. The number of rotatable bonds is 3. The zero-order valence-corrected chi connectivity index (χ0v) is 11.6. The van der Waals surface area contributed by atoms with E-state index in [1.54, 1.807) is 0 Å². The molecule has 0 aromatic carbocycles. The van der Waals surface area contributed by atoms with Crippen LogP contribution in [-0.4, -0.2) is 24.0 Å². The van der Waals surface area contributed by atoms with Gasteiger partial charge in [0.25, 0.3) is 0 Å². The quantitative estimate of drug-likeness (QED) is 0.917. The third-order valence-electron chi connectivity index (χ3n) is 3.33. The first-order chi connectivity index (χ1) is 7.63. The van der Waals surface area contributed by atoms with Gasteiger partial charge in [-0.1, -0.05) is 23.2 Å². The van der Waals surface area contributed by atoms with E-state index in [1.807, 2.05) is 6.07 Å². The second-order valence-electron chi connectivity index (χ2n) is 4.23. The van der Waals surface area contributed by atoms with Gasteiger partial charge in [-0.2, -0.15) is 0 Å². The lowest BCUT2D eigenvalue weighted by molar-refractivity contribution is 0.197. The number of thiophene rings is 1. The molecule has 1 aliphatic heterocycles. The van der Waals surface area contributed by atoms with Crippen LogP contribution >= 0.6 is 34.5 Å². The lowest BCUT2D eigenvalue weighted by atomic mass is 10.1. The predicted molar refractivity (Wildman–Crippen MR) is 71.5 cm³/mol. The SMILES string of the molecule is CC(c1cc(Cl)sc1Cl)N1CCCC1CN. The summed E-state index contributed by atoms with van der Waals surface area (Å²) in [6, 6.07) is 2.78. The molecule has 2 unspecified atom stereocenters. The van der Waals surface area contributed by atoms with E-state index in [-0.39, 0.29) is 0 Å². The van der Waals surface area contributed by atoms with Crippen molar-refractivity contribution in [1.82, 2.24) is 4.90 Å². The second kappa shape index (κ2) is 5.23. The number of nitrogens with zero attached hydrogens (tertiary/aromatic N) is 1. The largest absolute Gasteiger partial charge is 0.329 e. The molecule has 2 heterocycles. The molecule has 16 heavy (non-hydrogen) atoms. The first kappa shape index (κ1) is 12.7. The molecular formula is C11H16Cl2N2S. The second-order valence-corrected chi connectivity index (χ2v) is 6.51. The van der Waals surface area contributed by atoms with Crippen LogP contribution in [0.1, 0.15) is 31.4 Å². The first-order valence-corrected chi connectivity index (χ1v) is 7.11. The first-order valence-electron chi connectivity index (χ1n) is 5.54. The molecule has 2 rings (SSSR count). The summed E-state index contributed by atoms with van der Waals surface area (Å²) in [5.41, 5.74) is 6.92. The summed E-state index contributed by atoms with van der Waals surface area (Å²) in [5.74, 6) is 0. The highest BCUT2D eigenvalue weighted by Crippen LogP contribution is 2.39. The molecule has 0 amide bonds. The van der Waals surface area contributed by atoms with Crippen molar-refractivity contribution in [1.29, 1.82) is 0 Å². The van der Waals surface area contributed by atoms with Crippen molar-refractivity contribution in [3.05, 3.63) is 20.3 Å². The lowest BCUT2D eigenvalue weighted by Crippen LogP contribution is -2.37. The number of hydrogen-bond acceptors (Lipinski definition) is 3. The average Bonchev–Trinajstić information content (AvgIpc) is 2.83. The average molecular weight is 279 g/mol. The molecule has 0 aliphatic carbocycles. The molecule has 1 aliphatic rings. The van der Waals surface area contributed by atoms with E-state index < -0.39 is 0 Å². The number of likely N-dealkylation sites (tertiary alicyclic amines) is 1.